The molecule has 0 radical (unpaired) electrons. The Labute approximate surface area is 153 Å². The minimum Gasteiger partial charge on any atom is -0.441 e. The summed E-state index contributed by atoms with van der Waals surface area (Å²) in [6.07, 6.45) is 3.91. The fourth-order valence-electron chi connectivity index (χ4n) is 3.85. The summed E-state index contributed by atoms with van der Waals surface area (Å²) in [6.45, 7) is 7.38. The van der Waals surface area contributed by atoms with Crippen LogP contribution in [0, 0.1) is 0 Å². The standard InChI is InChI=1S/C24H20O2/c1-4-15-24(26-23(25)16(2)3)20-13-6-5-11-18(20)19-12-7-9-17-10-8-14-21(24)22(17)19/h4-15H,2H2,1,3H3/b15-4+. The van der Waals surface area contributed by atoms with E-state index in [1.54, 1.807) is 6.92 Å². The van der Waals surface area contributed by atoms with E-state index < -0.39 is 11.6 Å². The lowest BCUT2D eigenvalue weighted by Crippen LogP contribution is -2.34. The zero-order chi connectivity index (χ0) is 18.3. The van der Waals surface area contributed by atoms with Gasteiger partial charge in [0.15, 0.2) is 5.60 Å². The van der Waals surface area contributed by atoms with Crippen LogP contribution >= 0.6 is 0 Å². The number of fused-ring (bicyclic) bond motifs is 2. The summed E-state index contributed by atoms with van der Waals surface area (Å²) in [6, 6.07) is 20.6. The van der Waals surface area contributed by atoms with Crippen molar-refractivity contribution in [1.29, 1.82) is 0 Å². The molecule has 128 valence electrons. The van der Waals surface area contributed by atoms with Gasteiger partial charge < -0.3 is 4.74 Å². The van der Waals surface area contributed by atoms with Crippen LogP contribution in [0.3, 0.4) is 0 Å². The second-order valence-electron chi connectivity index (χ2n) is 6.66. The summed E-state index contributed by atoms with van der Waals surface area (Å²) in [4.78, 5) is 12.6. The van der Waals surface area contributed by atoms with Gasteiger partial charge in [0.05, 0.1) is 0 Å². The first kappa shape index (κ1) is 16.3. The molecule has 0 bridgehead atoms. The van der Waals surface area contributed by atoms with Crippen LogP contribution in [0.4, 0.5) is 0 Å². The molecule has 0 aliphatic heterocycles. The van der Waals surface area contributed by atoms with Gasteiger partial charge in [0.1, 0.15) is 0 Å². The van der Waals surface area contributed by atoms with E-state index in [0.717, 1.165) is 27.5 Å². The first-order valence-electron chi connectivity index (χ1n) is 8.73. The molecule has 0 saturated heterocycles. The van der Waals surface area contributed by atoms with Crippen molar-refractivity contribution in [2.75, 3.05) is 0 Å². The van der Waals surface area contributed by atoms with Crippen molar-refractivity contribution in [3.63, 3.8) is 0 Å². The number of carbonyl (C=O) groups is 1. The highest BCUT2D eigenvalue weighted by atomic mass is 16.6. The number of ether oxygens (including phenoxy) is 1. The molecule has 1 aliphatic rings. The molecule has 0 heterocycles. The Kier molecular flexibility index (Phi) is 3.77. The first-order valence-corrected chi connectivity index (χ1v) is 8.73. The fraction of sp³-hybridized carbons (Fsp3) is 0.125. The molecule has 0 amide bonds. The zero-order valence-corrected chi connectivity index (χ0v) is 15.0. The van der Waals surface area contributed by atoms with Gasteiger partial charge in [-0.1, -0.05) is 73.3 Å². The lowest BCUT2D eigenvalue weighted by molar-refractivity contribution is -0.147. The number of carbonyl (C=O) groups excluding carboxylic acids is 1. The van der Waals surface area contributed by atoms with Gasteiger partial charge >= 0.3 is 5.97 Å². The smallest absolute Gasteiger partial charge is 0.334 e. The molecule has 2 nitrogen and oxygen atoms in total. The van der Waals surface area contributed by atoms with E-state index in [-0.39, 0.29) is 0 Å². The van der Waals surface area contributed by atoms with Crippen molar-refractivity contribution in [3.8, 4) is 11.1 Å². The number of hydrogen-bond acceptors (Lipinski definition) is 2. The maximum absolute atomic E-state index is 12.6. The Hall–Kier alpha value is -3.13. The lowest BCUT2D eigenvalue weighted by atomic mass is 9.73. The molecule has 1 aliphatic carbocycles. The van der Waals surface area contributed by atoms with E-state index in [4.69, 9.17) is 4.74 Å². The quantitative estimate of drug-likeness (QED) is 0.344. The van der Waals surface area contributed by atoms with Crippen molar-refractivity contribution in [1.82, 2.24) is 0 Å². The Morgan fingerprint density at radius 3 is 2.35 bits per heavy atom. The Bertz CT molecular complexity index is 1070. The number of esters is 1. The first-order chi connectivity index (χ1) is 12.6. The summed E-state index contributed by atoms with van der Waals surface area (Å²) >= 11 is 0. The molecule has 1 atom stereocenters. The van der Waals surface area contributed by atoms with Crippen LogP contribution in [0.25, 0.3) is 21.9 Å². The summed E-state index contributed by atoms with van der Waals surface area (Å²) < 4.78 is 6.13. The predicted octanol–water partition coefficient (Wildman–Crippen LogP) is 5.76. The molecule has 0 fully saturated rings. The van der Waals surface area contributed by atoms with Gasteiger partial charge in [0, 0.05) is 16.7 Å². The van der Waals surface area contributed by atoms with E-state index in [1.807, 2.05) is 49.4 Å². The lowest BCUT2D eigenvalue weighted by Gasteiger charge is -2.38. The minimum absolute atomic E-state index is 0.386. The van der Waals surface area contributed by atoms with Gasteiger partial charge in [-0.3, -0.25) is 0 Å². The van der Waals surface area contributed by atoms with Crippen molar-refractivity contribution >= 4 is 16.7 Å². The molecule has 0 saturated carbocycles. The minimum atomic E-state index is -0.963. The number of rotatable bonds is 3. The summed E-state index contributed by atoms with van der Waals surface area (Å²) in [5, 5.41) is 2.26. The fourth-order valence-corrected chi connectivity index (χ4v) is 3.85. The third-order valence-corrected chi connectivity index (χ3v) is 4.93. The van der Waals surface area contributed by atoms with E-state index in [0.29, 0.717) is 5.57 Å². The second-order valence-corrected chi connectivity index (χ2v) is 6.66. The van der Waals surface area contributed by atoms with Gasteiger partial charge in [-0.05, 0) is 41.8 Å². The molecule has 3 aromatic carbocycles. The monoisotopic (exact) mass is 340 g/mol. The molecule has 0 N–H and O–H groups in total. The topological polar surface area (TPSA) is 26.3 Å². The number of benzene rings is 3. The molecule has 4 rings (SSSR count). The number of hydrogen-bond donors (Lipinski definition) is 0. The Balaban J connectivity index is 2.16. The average Bonchev–Trinajstić information content (AvgIpc) is 2.66. The maximum atomic E-state index is 12.6. The Morgan fingerprint density at radius 1 is 0.962 bits per heavy atom. The van der Waals surface area contributed by atoms with Gasteiger partial charge in [0.2, 0.25) is 0 Å². The summed E-state index contributed by atoms with van der Waals surface area (Å²) in [5.74, 6) is -0.394. The predicted molar refractivity (Wildman–Crippen MR) is 106 cm³/mol. The van der Waals surface area contributed by atoms with Gasteiger partial charge in [-0.25, -0.2) is 4.79 Å². The summed E-state index contributed by atoms with van der Waals surface area (Å²) in [5.41, 5.74) is 3.63. The van der Waals surface area contributed by atoms with E-state index in [1.165, 1.54) is 5.56 Å². The van der Waals surface area contributed by atoms with Crippen LogP contribution in [0.1, 0.15) is 25.0 Å². The molecule has 0 spiro atoms. The van der Waals surface area contributed by atoms with Crippen LogP contribution in [-0.2, 0) is 15.1 Å². The highest BCUT2D eigenvalue weighted by molar-refractivity contribution is 6.04. The maximum Gasteiger partial charge on any atom is 0.334 e. The molecular formula is C24H20O2. The largest absolute Gasteiger partial charge is 0.441 e. The van der Waals surface area contributed by atoms with Crippen LogP contribution in [0.2, 0.25) is 0 Å². The molecular weight excluding hydrogens is 320 g/mol. The highest BCUT2D eigenvalue weighted by Crippen LogP contribution is 2.50. The zero-order valence-electron chi connectivity index (χ0n) is 15.0. The molecule has 3 aromatic rings. The van der Waals surface area contributed by atoms with E-state index >= 15 is 0 Å². The molecule has 0 aromatic heterocycles. The number of allylic oxidation sites excluding steroid dienone is 1. The SMILES string of the molecule is C=C(C)C(=O)OC1(/C=C/C)c2ccccc2-c2cccc3cccc1c23. The molecule has 26 heavy (non-hydrogen) atoms. The van der Waals surface area contributed by atoms with Gasteiger partial charge in [-0.15, -0.1) is 0 Å². The van der Waals surface area contributed by atoms with Gasteiger partial charge in [0.25, 0.3) is 0 Å². The third kappa shape index (κ3) is 2.22. The van der Waals surface area contributed by atoms with E-state index in [2.05, 4.69) is 36.9 Å². The van der Waals surface area contributed by atoms with Crippen molar-refractivity contribution in [2.24, 2.45) is 0 Å². The van der Waals surface area contributed by atoms with Crippen molar-refractivity contribution < 1.29 is 9.53 Å². The summed E-state index contributed by atoms with van der Waals surface area (Å²) in [7, 11) is 0. The highest BCUT2D eigenvalue weighted by Gasteiger charge is 2.42. The van der Waals surface area contributed by atoms with Crippen LogP contribution in [-0.4, -0.2) is 5.97 Å². The average molecular weight is 340 g/mol. The van der Waals surface area contributed by atoms with E-state index in [9.17, 15) is 4.79 Å². The van der Waals surface area contributed by atoms with Crippen molar-refractivity contribution in [3.05, 3.63) is 96.1 Å². The molecule has 2 heteroatoms. The van der Waals surface area contributed by atoms with Crippen LogP contribution in [0.15, 0.2) is 85.0 Å². The van der Waals surface area contributed by atoms with Gasteiger partial charge in [-0.2, -0.15) is 0 Å². The second kappa shape index (κ2) is 5.99. The third-order valence-electron chi connectivity index (χ3n) is 4.93. The molecule has 1 unspecified atom stereocenters. The van der Waals surface area contributed by atoms with Crippen LogP contribution in [0.5, 0.6) is 0 Å². The van der Waals surface area contributed by atoms with Crippen LogP contribution < -0.4 is 0 Å². The normalized spacial score (nSPS) is 17.9. The Morgan fingerprint density at radius 2 is 1.62 bits per heavy atom. The van der Waals surface area contributed by atoms with Crippen molar-refractivity contribution in [2.45, 2.75) is 19.4 Å².